The number of sulfonamides is 1. The Morgan fingerprint density at radius 2 is 1.75 bits per heavy atom. The van der Waals surface area contributed by atoms with E-state index in [0.717, 1.165) is 18.2 Å². The molecule has 0 aromatic heterocycles. The van der Waals surface area contributed by atoms with Gasteiger partial charge in [-0.25, -0.2) is 17.9 Å². The zero-order chi connectivity index (χ0) is 26.9. The van der Waals surface area contributed by atoms with Crippen LogP contribution in [0, 0.1) is 0 Å². The van der Waals surface area contributed by atoms with Crippen molar-refractivity contribution in [2.75, 3.05) is 6.54 Å². The van der Waals surface area contributed by atoms with Gasteiger partial charge < -0.3 is 25.4 Å². The third kappa shape index (κ3) is 8.04. The van der Waals surface area contributed by atoms with Gasteiger partial charge in [0.05, 0.1) is 23.3 Å². The average molecular weight is 541 g/mol. The quantitative estimate of drug-likeness (QED) is 0.177. The van der Waals surface area contributed by atoms with Crippen LogP contribution in [0.3, 0.4) is 0 Å². The molecule has 13 heteroatoms. The van der Waals surface area contributed by atoms with Crippen molar-refractivity contribution in [1.29, 1.82) is 0 Å². The Hall–Kier alpha value is -3.48. The van der Waals surface area contributed by atoms with Crippen molar-refractivity contribution in [3.05, 3.63) is 58.6 Å². The Kier molecular flexibility index (Phi) is 10.4. The number of hydrogen-bond acceptors (Lipinski definition) is 7. The van der Waals surface area contributed by atoms with Crippen LogP contribution in [0.25, 0.3) is 0 Å². The second-order valence-corrected chi connectivity index (χ2v) is 9.97. The molecule has 2 atom stereocenters. The molecular weight excluding hydrogens is 516 g/mol. The number of aldehydes is 1. The van der Waals surface area contributed by atoms with Gasteiger partial charge in [-0.2, -0.15) is 0 Å². The van der Waals surface area contributed by atoms with Gasteiger partial charge in [0.25, 0.3) is 0 Å². The minimum Gasteiger partial charge on any atom is -0.507 e. The number of aromatic carboxylic acids is 1. The fraction of sp³-hybridized carbons (Fsp3) is 0.304. The highest BCUT2D eigenvalue weighted by Crippen LogP contribution is 2.29. The first-order valence-corrected chi connectivity index (χ1v) is 12.6. The maximum Gasteiger partial charge on any atom is 0.339 e. The van der Waals surface area contributed by atoms with Gasteiger partial charge in [0.2, 0.25) is 15.9 Å². The average Bonchev–Trinajstić information content (AvgIpc) is 2.81. The van der Waals surface area contributed by atoms with Gasteiger partial charge >= 0.3 is 11.9 Å². The summed E-state index contributed by atoms with van der Waals surface area (Å²) < 4.78 is 27.3. The van der Waals surface area contributed by atoms with Crippen molar-refractivity contribution in [2.24, 2.45) is 0 Å². The van der Waals surface area contributed by atoms with Crippen LogP contribution in [-0.2, 0) is 24.4 Å². The monoisotopic (exact) mass is 540 g/mol. The Balaban J connectivity index is 2.04. The molecule has 2 aromatic carbocycles. The molecule has 0 spiro atoms. The largest absolute Gasteiger partial charge is 0.507 e. The number of halogens is 1. The highest BCUT2D eigenvalue weighted by atomic mass is 35.5. The lowest BCUT2D eigenvalue weighted by molar-refractivity contribution is -0.138. The van der Waals surface area contributed by atoms with Crippen molar-refractivity contribution in [3.8, 4) is 5.75 Å². The first kappa shape index (κ1) is 28.8. The summed E-state index contributed by atoms with van der Waals surface area (Å²) in [6, 6.07) is 8.24. The predicted octanol–water partition coefficient (Wildman–Crippen LogP) is 2.13. The van der Waals surface area contributed by atoms with Crippen LogP contribution in [0.5, 0.6) is 5.75 Å². The van der Waals surface area contributed by atoms with E-state index in [2.05, 4.69) is 10.0 Å². The second kappa shape index (κ2) is 13.0. The maximum atomic E-state index is 12.9. The molecule has 0 aliphatic rings. The number of carboxylic acids is 2. The molecule has 0 radical (unpaired) electrons. The van der Waals surface area contributed by atoms with E-state index in [-0.39, 0.29) is 17.9 Å². The second-order valence-electron chi connectivity index (χ2n) is 7.80. The molecule has 11 nitrogen and oxygen atoms in total. The smallest absolute Gasteiger partial charge is 0.339 e. The fourth-order valence-corrected chi connectivity index (χ4v) is 4.77. The van der Waals surface area contributed by atoms with Crippen LogP contribution in [0.4, 0.5) is 0 Å². The van der Waals surface area contributed by atoms with Crippen molar-refractivity contribution < 1.29 is 42.9 Å². The molecule has 36 heavy (non-hydrogen) atoms. The highest BCUT2D eigenvalue weighted by molar-refractivity contribution is 7.89. The third-order valence-electron chi connectivity index (χ3n) is 5.20. The van der Waals surface area contributed by atoms with E-state index in [9.17, 15) is 32.7 Å². The number of phenols is 1. The Labute approximate surface area is 212 Å². The molecule has 5 N–H and O–H groups in total. The highest BCUT2D eigenvalue weighted by Gasteiger charge is 2.26. The molecule has 2 aromatic rings. The molecule has 2 rings (SSSR count). The molecule has 0 bridgehead atoms. The van der Waals surface area contributed by atoms with Gasteiger partial charge in [0.1, 0.15) is 17.6 Å². The zero-order valence-corrected chi connectivity index (χ0v) is 20.5. The van der Waals surface area contributed by atoms with Crippen LogP contribution < -0.4 is 10.0 Å². The molecule has 0 saturated carbocycles. The number of amides is 1. The van der Waals surface area contributed by atoms with E-state index in [1.807, 2.05) is 0 Å². The lowest BCUT2D eigenvalue weighted by Gasteiger charge is -2.20. The van der Waals surface area contributed by atoms with Crippen LogP contribution in [-0.4, -0.2) is 60.5 Å². The number of aromatic hydroxyl groups is 1. The number of carbonyl (C=O) groups excluding carboxylic acids is 2. The molecule has 1 amide bonds. The lowest BCUT2D eigenvalue weighted by atomic mass is 9.92. The number of hydrogen-bond donors (Lipinski definition) is 5. The number of unbranched alkanes of at least 4 members (excludes halogenated alkanes) is 1. The number of rotatable bonds is 14. The number of benzene rings is 2. The zero-order valence-electron chi connectivity index (χ0n) is 18.9. The molecule has 0 saturated heterocycles. The summed E-state index contributed by atoms with van der Waals surface area (Å²) in [4.78, 5) is 45.8. The van der Waals surface area contributed by atoms with Gasteiger partial charge in [-0.1, -0.05) is 36.2 Å². The first-order valence-electron chi connectivity index (χ1n) is 10.7. The van der Waals surface area contributed by atoms with Crippen LogP contribution >= 0.6 is 11.6 Å². The Bertz CT molecular complexity index is 1230. The number of nitrogens with one attached hydrogen (secondary N) is 2. The predicted molar refractivity (Wildman–Crippen MR) is 129 cm³/mol. The van der Waals surface area contributed by atoms with Crippen LogP contribution in [0.2, 0.25) is 5.02 Å². The van der Waals surface area contributed by atoms with E-state index in [4.69, 9.17) is 21.8 Å². The van der Waals surface area contributed by atoms with Gasteiger partial charge in [-0.05, 0) is 42.7 Å². The Morgan fingerprint density at radius 1 is 1.06 bits per heavy atom. The topological polar surface area (TPSA) is 187 Å². The minimum atomic E-state index is -4.06. The molecule has 0 aliphatic heterocycles. The summed E-state index contributed by atoms with van der Waals surface area (Å²) in [5.74, 6) is -4.70. The minimum absolute atomic E-state index is 0.0293. The van der Waals surface area contributed by atoms with Gasteiger partial charge in [0, 0.05) is 11.6 Å². The van der Waals surface area contributed by atoms with Crippen LogP contribution in [0.1, 0.15) is 47.5 Å². The molecule has 0 fully saturated rings. The van der Waals surface area contributed by atoms with Gasteiger partial charge in [-0.15, -0.1) is 0 Å². The summed E-state index contributed by atoms with van der Waals surface area (Å²) in [7, 11) is -4.06. The van der Waals surface area contributed by atoms with Gasteiger partial charge in [0.15, 0.2) is 0 Å². The van der Waals surface area contributed by atoms with Crippen LogP contribution in [0.15, 0.2) is 47.4 Å². The SMILES string of the molecule is O=C[C@H](CC(=O)O)NC(=O)C(CCCCNS(=O)(=O)c1ccc(O)c(C(=O)O)c1)c1ccccc1Cl. The normalized spacial score (nSPS) is 12.9. The molecule has 0 heterocycles. The Morgan fingerprint density at radius 3 is 2.36 bits per heavy atom. The van der Waals surface area contributed by atoms with Crippen molar-refractivity contribution in [1.82, 2.24) is 10.0 Å². The van der Waals surface area contributed by atoms with E-state index in [1.54, 1.807) is 24.3 Å². The fourth-order valence-electron chi connectivity index (χ4n) is 3.41. The van der Waals surface area contributed by atoms with E-state index in [0.29, 0.717) is 29.7 Å². The van der Waals surface area contributed by atoms with E-state index in [1.165, 1.54) is 0 Å². The molecule has 194 valence electrons. The summed E-state index contributed by atoms with van der Waals surface area (Å²) in [6.07, 6.45) is 0.630. The molecule has 0 aliphatic carbocycles. The molecule has 1 unspecified atom stereocenters. The standard InChI is InChI=1S/C23H25ClN2O9S/c24-19-7-2-1-5-16(19)17(22(31)26-14(13-27)11-21(29)30)6-3-4-10-25-36(34,35)15-8-9-20(28)18(12-15)23(32)33/h1-2,5,7-9,12-14,17,25,28H,3-4,6,10-11H2,(H,26,31)(H,29,30)(H,32,33)/t14-,17?/m0/s1. The first-order chi connectivity index (χ1) is 17.0. The van der Waals surface area contributed by atoms with Crippen molar-refractivity contribution in [3.63, 3.8) is 0 Å². The summed E-state index contributed by atoms with van der Waals surface area (Å²) in [5, 5.41) is 30.2. The van der Waals surface area contributed by atoms with E-state index < -0.39 is 57.6 Å². The maximum absolute atomic E-state index is 12.9. The summed E-state index contributed by atoms with van der Waals surface area (Å²) >= 11 is 6.24. The lowest BCUT2D eigenvalue weighted by Crippen LogP contribution is -2.40. The summed E-state index contributed by atoms with van der Waals surface area (Å²) in [6.45, 7) is -0.0293. The summed E-state index contributed by atoms with van der Waals surface area (Å²) in [5.41, 5.74) is -0.0782. The molecular formula is C23H25ClN2O9S. The van der Waals surface area contributed by atoms with Crippen molar-refractivity contribution in [2.45, 2.75) is 42.5 Å². The number of carbonyl (C=O) groups is 4. The van der Waals surface area contributed by atoms with E-state index >= 15 is 0 Å². The third-order valence-corrected chi connectivity index (χ3v) is 7.01. The van der Waals surface area contributed by atoms with Gasteiger partial charge in [-0.3, -0.25) is 9.59 Å². The van der Waals surface area contributed by atoms with Crippen molar-refractivity contribution >= 4 is 45.8 Å². The number of aliphatic carboxylic acids is 1. The number of carboxylic acid groups (broad SMARTS) is 2.